The Hall–Kier alpha value is -0.680. The van der Waals surface area contributed by atoms with Crippen molar-refractivity contribution in [3.05, 3.63) is 93.2 Å². The fraction of sp³-hybridized carbons (Fsp3) is 0.133. The lowest BCUT2D eigenvalue weighted by atomic mass is 10.1. The van der Waals surface area contributed by atoms with Gasteiger partial charge < -0.3 is 41.4 Å². The molecule has 0 amide bonds. The van der Waals surface area contributed by atoms with Gasteiger partial charge in [-0.1, -0.05) is 0 Å². The SMILES string of the molecule is N[C@@H](Cc1cc(I)c(Oc2cc(I)c(O)c(I)c2)c(I)c1)C(=O)O.N[C@@H](Cc1cc(I)c(Oc2ccc(O)cc2)c(I)c1)C(=O)O. The van der Waals surface area contributed by atoms with Gasteiger partial charge in [0.2, 0.25) is 0 Å². The zero-order valence-electron chi connectivity index (χ0n) is 23.2. The van der Waals surface area contributed by atoms with E-state index in [0.29, 0.717) is 30.1 Å². The van der Waals surface area contributed by atoms with Crippen LogP contribution in [0.15, 0.2) is 60.7 Å². The number of hydrogen-bond donors (Lipinski definition) is 6. The van der Waals surface area contributed by atoms with Gasteiger partial charge in [-0.25, -0.2) is 0 Å². The fourth-order valence-corrected chi connectivity index (χ4v) is 9.63. The Labute approximate surface area is 346 Å². The van der Waals surface area contributed by atoms with Crippen LogP contribution in [0.4, 0.5) is 0 Å². The first-order chi connectivity index (χ1) is 21.5. The molecule has 4 aromatic rings. The van der Waals surface area contributed by atoms with E-state index >= 15 is 0 Å². The molecule has 46 heavy (non-hydrogen) atoms. The van der Waals surface area contributed by atoms with Crippen LogP contribution < -0.4 is 20.9 Å². The van der Waals surface area contributed by atoms with E-state index in [1.807, 2.05) is 24.3 Å². The number of hydrogen-bond acceptors (Lipinski definition) is 8. The van der Waals surface area contributed by atoms with E-state index in [2.05, 4.69) is 136 Å². The summed E-state index contributed by atoms with van der Waals surface area (Å²) in [6, 6.07) is 15.6. The van der Waals surface area contributed by atoms with E-state index < -0.39 is 24.0 Å². The molecule has 244 valence electrons. The van der Waals surface area contributed by atoms with Crippen LogP contribution in [0, 0.1) is 21.4 Å². The highest BCUT2D eigenvalue weighted by molar-refractivity contribution is 14.1. The molecular formula is C30H24I6N2O8. The Morgan fingerprint density at radius 2 is 0.935 bits per heavy atom. The summed E-state index contributed by atoms with van der Waals surface area (Å²) < 4.78 is 16.7. The van der Waals surface area contributed by atoms with Gasteiger partial charge in [0.05, 0.1) is 21.4 Å². The van der Waals surface area contributed by atoms with Crippen LogP contribution in [-0.2, 0) is 22.4 Å². The summed E-state index contributed by atoms with van der Waals surface area (Å²) in [6.45, 7) is 0. The lowest BCUT2D eigenvalue weighted by Gasteiger charge is -2.14. The largest absolute Gasteiger partial charge is 0.508 e. The molecule has 4 rings (SSSR count). The van der Waals surface area contributed by atoms with Crippen LogP contribution in [-0.4, -0.2) is 44.4 Å². The first kappa shape index (κ1) is 39.8. The minimum atomic E-state index is -1.02. The number of rotatable bonds is 10. The molecule has 0 bridgehead atoms. The maximum atomic E-state index is 10.9. The summed E-state index contributed by atoms with van der Waals surface area (Å²) in [7, 11) is 0. The van der Waals surface area contributed by atoms with Crippen molar-refractivity contribution >= 4 is 147 Å². The van der Waals surface area contributed by atoms with Crippen molar-refractivity contribution in [3.8, 4) is 34.5 Å². The van der Waals surface area contributed by atoms with Gasteiger partial charge in [0.15, 0.2) is 11.5 Å². The molecule has 4 aromatic carbocycles. The van der Waals surface area contributed by atoms with Crippen molar-refractivity contribution in [2.45, 2.75) is 24.9 Å². The molecule has 0 fully saturated rings. The van der Waals surface area contributed by atoms with Gasteiger partial charge in [-0.2, -0.15) is 0 Å². The summed E-state index contributed by atoms with van der Waals surface area (Å²) in [5.74, 6) is 1.01. The van der Waals surface area contributed by atoms with Crippen LogP contribution in [0.1, 0.15) is 11.1 Å². The molecule has 0 radical (unpaired) electrons. The number of carboxylic acids is 2. The van der Waals surface area contributed by atoms with Crippen molar-refractivity contribution in [2.24, 2.45) is 11.5 Å². The van der Waals surface area contributed by atoms with E-state index in [0.717, 1.165) is 25.4 Å². The molecule has 2 atom stereocenters. The van der Waals surface area contributed by atoms with Crippen molar-refractivity contribution < 1.29 is 39.5 Å². The normalized spacial score (nSPS) is 12.0. The Bertz CT molecular complexity index is 1670. The smallest absolute Gasteiger partial charge is 0.320 e. The highest BCUT2D eigenvalue weighted by Gasteiger charge is 2.18. The summed E-state index contributed by atoms with van der Waals surface area (Å²) in [4.78, 5) is 21.7. The van der Waals surface area contributed by atoms with Crippen LogP contribution in [0.2, 0.25) is 0 Å². The Morgan fingerprint density at radius 1 is 0.587 bits per heavy atom. The molecule has 0 spiro atoms. The summed E-state index contributed by atoms with van der Waals surface area (Å²) in [6.07, 6.45) is 0.525. The zero-order valence-corrected chi connectivity index (χ0v) is 36.1. The number of nitrogens with two attached hydrogens (primary N) is 2. The molecule has 0 unspecified atom stereocenters. The number of aliphatic carboxylic acids is 2. The van der Waals surface area contributed by atoms with Crippen LogP contribution >= 0.6 is 136 Å². The number of phenols is 2. The molecule has 0 aromatic heterocycles. The molecule has 0 aliphatic rings. The number of benzene rings is 4. The zero-order chi connectivity index (χ0) is 34.3. The molecule has 0 saturated carbocycles. The van der Waals surface area contributed by atoms with E-state index in [1.54, 1.807) is 36.4 Å². The van der Waals surface area contributed by atoms with Crippen LogP contribution in [0.25, 0.3) is 0 Å². The second-order valence-electron chi connectivity index (χ2n) is 9.51. The first-order valence-corrected chi connectivity index (χ1v) is 19.3. The minimum Gasteiger partial charge on any atom is -0.508 e. The van der Waals surface area contributed by atoms with Gasteiger partial charge in [-0.05, 0) is 220 Å². The highest BCUT2D eigenvalue weighted by atomic mass is 127. The lowest BCUT2D eigenvalue weighted by molar-refractivity contribution is -0.139. The number of carbonyl (C=O) groups is 2. The van der Waals surface area contributed by atoms with Crippen LogP contribution in [0.3, 0.4) is 0 Å². The number of halogens is 6. The molecule has 0 saturated heterocycles. The maximum absolute atomic E-state index is 10.9. The fourth-order valence-electron chi connectivity index (χ4n) is 3.69. The molecular weight excluding hydrogens is 1280 g/mol. The van der Waals surface area contributed by atoms with Crippen molar-refractivity contribution in [1.29, 1.82) is 0 Å². The third-order valence-electron chi connectivity index (χ3n) is 5.93. The van der Waals surface area contributed by atoms with Crippen molar-refractivity contribution in [3.63, 3.8) is 0 Å². The monoisotopic (exact) mass is 1300 g/mol. The lowest BCUT2D eigenvalue weighted by Crippen LogP contribution is -2.32. The second kappa shape index (κ2) is 18.4. The molecule has 10 nitrogen and oxygen atoms in total. The van der Waals surface area contributed by atoms with E-state index in [4.69, 9.17) is 31.2 Å². The summed E-state index contributed by atoms with van der Waals surface area (Å²) >= 11 is 12.7. The third-order valence-corrected chi connectivity index (χ3v) is 10.8. The van der Waals surface area contributed by atoms with Crippen molar-refractivity contribution in [1.82, 2.24) is 0 Å². The minimum absolute atomic E-state index is 0.176. The van der Waals surface area contributed by atoms with Crippen molar-refractivity contribution in [2.75, 3.05) is 0 Å². The molecule has 8 N–H and O–H groups in total. The Kier molecular flexibility index (Phi) is 15.9. The van der Waals surface area contributed by atoms with E-state index in [9.17, 15) is 19.8 Å². The number of aromatic hydroxyl groups is 2. The van der Waals surface area contributed by atoms with Gasteiger partial charge >= 0.3 is 11.9 Å². The average molecular weight is 1300 g/mol. The third kappa shape index (κ3) is 11.7. The van der Waals surface area contributed by atoms with Gasteiger partial charge in [0.1, 0.15) is 35.1 Å². The van der Waals surface area contributed by atoms with E-state index in [-0.39, 0.29) is 24.3 Å². The first-order valence-electron chi connectivity index (χ1n) is 12.8. The van der Waals surface area contributed by atoms with Gasteiger partial charge in [0.25, 0.3) is 0 Å². The quantitative estimate of drug-likeness (QED) is 0.0854. The number of ether oxygens (including phenoxy) is 2. The Morgan fingerprint density at radius 3 is 1.28 bits per heavy atom. The Balaban J connectivity index is 0.000000251. The molecule has 0 aliphatic heterocycles. The second-order valence-corrected chi connectivity index (χ2v) is 16.5. The predicted octanol–water partition coefficient (Wildman–Crippen LogP) is 7.91. The molecule has 0 aliphatic carbocycles. The average Bonchev–Trinajstić information content (AvgIpc) is 2.96. The van der Waals surface area contributed by atoms with E-state index in [1.165, 1.54) is 0 Å². The summed E-state index contributed by atoms with van der Waals surface area (Å²) in [5.41, 5.74) is 12.9. The van der Waals surface area contributed by atoms with Crippen LogP contribution in [0.5, 0.6) is 34.5 Å². The topological polar surface area (TPSA) is 186 Å². The molecule has 0 heterocycles. The molecule has 16 heteroatoms. The number of carboxylic acid groups (broad SMARTS) is 2. The van der Waals surface area contributed by atoms with Gasteiger partial charge in [-0.3, -0.25) is 9.59 Å². The predicted molar refractivity (Wildman–Crippen MR) is 224 cm³/mol. The number of phenolic OH excluding ortho intramolecular Hbond substituents is 2. The van der Waals surface area contributed by atoms with Gasteiger partial charge in [0, 0.05) is 0 Å². The maximum Gasteiger partial charge on any atom is 0.320 e. The summed E-state index contributed by atoms with van der Waals surface area (Å²) in [5, 5.41) is 36.9. The highest BCUT2D eigenvalue weighted by Crippen LogP contribution is 2.37. The standard InChI is InChI=1S/C15H11I4NO4.C15H13I2NO4/c16-8-4-7(5-9(17)13(8)21)24-14-10(18)1-6(2-11(14)19)3-12(20)15(22)23;16-11-5-8(7-13(18)15(20)21)6-12(17)14(11)22-10-3-1-9(19)2-4-10/h1-2,4-5,12,21H,3,20H2,(H,22,23);1-6,13,19H,7,18H2,(H,20,21)/t12-;13-/m00/s1. The van der Waals surface area contributed by atoms with Gasteiger partial charge in [-0.15, -0.1) is 0 Å².